The normalized spacial score (nSPS) is 22.4. The van der Waals surface area contributed by atoms with Gasteiger partial charge in [0.05, 0.1) is 121 Å². The van der Waals surface area contributed by atoms with Crippen molar-refractivity contribution in [1.82, 2.24) is 99.5 Å². The number of hydrogen-bond acceptors (Lipinski definition) is 20. The first-order chi connectivity index (χ1) is 59.6. The standard InChI is InChI=1S/C24H25F2N5O2.3C23H25N5O2/c1-15-6-8-20(31-27-10-11-28-31)18(12-15)23(32)30-17-7-9-19(30)16(13-17)14-33-22-5-3-4-21(29-22)24(2,25)26;1-15-3-6-21(28-25-9-10-26-28)19(11-15)23(29)27-18-5-7-20(27)17(12-18)14-30-22-8-4-16(2)13-24-22;1-15-3-5-21(28-25-9-10-26-28)19(11-15)23(29)27-18-4-6-20(27)17(13-18)14-30-22-12-16(2)7-8-24-22;1-15-6-8-21(28-24-10-11-25-28)19(12-15)23(29)27-18-7-9-20(27)17(13-18)14-30-22-5-3-4-16(2)26-22/h3-6,8,10-12,16-17,19H,7,9,13-14H2,1-2H3;3-4,6,8-11,13,17-18,20H,5,7,12,14H2,1-2H3;3,5,7-12,17-18,20H,4,6,13-14H2,1-2H3;3-6,8,10-12,17-18,20H,7,9,13-14H2,1-2H3. The van der Waals surface area contributed by atoms with Crippen LogP contribution >= 0.6 is 0 Å². The number of aromatic nitrogens is 16. The number of pyridine rings is 4. The molecule has 8 saturated heterocycles. The number of hydrogen-bond donors (Lipinski definition) is 0. The lowest BCUT2D eigenvalue weighted by Gasteiger charge is -2.25. The second-order valence-electron chi connectivity index (χ2n) is 33.8. The first kappa shape index (κ1) is 82.3. The van der Waals surface area contributed by atoms with Gasteiger partial charge in [0.2, 0.25) is 23.5 Å². The van der Waals surface area contributed by atoms with Crippen LogP contribution in [0.15, 0.2) is 195 Å². The summed E-state index contributed by atoms with van der Waals surface area (Å²) in [6.45, 7) is 16.9. The summed E-state index contributed by atoms with van der Waals surface area (Å²) in [6.07, 6.45) is 28.3. The second-order valence-corrected chi connectivity index (χ2v) is 33.8. The zero-order valence-electron chi connectivity index (χ0n) is 70.2. The number of rotatable bonds is 21. The fourth-order valence-corrected chi connectivity index (χ4v) is 19.6. The molecule has 0 N–H and O–H groups in total. The van der Waals surface area contributed by atoms with E-state index in [4.69, 9.17) is 18.9 Å². The third-order valence-corrected chi connectivity index (χ3v) is 25.3. The van der Waals surface area contributed by atoms with Crippen molar-refractivity contribution in [2.45, 2.75) is 187 Å². The summed E-state index contributed by atoms with van der Waals surface area (Å²) in [5.41, 5.74) is 12.4. The predicted molar refractivity (Wildman–Crippen MR) is 451 cm³/mol. The third kappa shape index (κ3) is 17.8. The molecule has 634 valence electrons. The van der Waals surface area contributed by atoms with Crippen LogP contribution in [0.25, 0.3) is 22.7 Å². The first-order valence-corrected chi connectivity index (χ1v) is 42.5. The van der Waals surface area contributed by atoms with Gasteiger partial charge in [-0.2, -0.15) is 68.8 Å². The Labute approximate surface area is 712 Å². The molecule has 28 nitrogen and oxygen atoms in total. The molecule has 4 amide bonds. The van der Waals surface area contributed by atoms with E-state index >= 15 is 0 Å². The van der Waals surface area contributed by atoms with Crippen molar-refractivity contribution in [3.63, 3.8) is 0 Å². The second kappa shape index (κ2) is 35.6. The number of carbonyl (C=O) groups excluding carboxylic acids is 4. The SMILES string of the molecule is Cc1ccc(-n2nccn2)c(C(=O)N2C3CCC2C(COc2cccc(C(C)(F)F)n2)C3)c1.Cc1ccc(-n2nccn2)c(C(=O)N2C3CCC2C(COc2cccc(C)n2)C3)c1.Cc1ccc(OCC2CC3CCC2N3C(=O)c2cc(C)ccc2-n2nccn2)nc1.Cc1ccnc(OCC2CC3CCC2N3C(=O)c2cc(C)ccc2-n2nccn2)c1. The first-order valence-electron chi connectivity index (χ1n) is 42.5. The van der Waals surface area contributed by atoms with Gasteiger partial charge < -0.3 is 38.5 Å². The number of fused-ring (bicyclic) bond motifs is 8. The maximum absolute atomic E-state index is 13.7. The monoisotopic (exact) mass is 1660 g/mol. The van der Waals surface area contributed by atoms with Crippen molar-refractivity contribution < 1.29 is 46.9 Å². The van der Waals surface area contributed by atoms with E-state index in [0.29, 0.717) is 89.8 Å². The van der Waals surface area contributed by atoms with Gasteiger partial charge in [-0.1, -0.05) is 64.7 Å². The van der Waals surface area contributed by atoms with Gasteiger partial charge in [-0.05, 0) is 203 Å². The average Bonchev–Trinajstić information content (AvgIpc) is 1.62. The molecule has 30 heteroatoms. The van der Waals surface area contributed by atoms with Crippen molar-refractivity contribution in [3.05, 3.63) is 262 Å². The Morgan fingerprint density at radius 1 is 0.341 bits per heavy atom. The Balaban J connectivity index is 0.000000116. The third-order valence-electron chi connectivity index (χ3n) is 25.3. The van der Waals surface area contributed by atoms with Crippen molar-refractivity contribution in [1.29, 1.82) is 0 Å². The molecule has 12 atom stereocenters. The summed E-state index contributed by atoms with van der Waals surface area (Å²) >= 11 is 0. The molecule has 0 radical (unpaired) electrons. The molecule has 8 aliphatic heterocycles. The highest BCUT2D eigenvalue weighted by Gasteiger charge is 2.53. The van der Waals surface area contributed by atoms with Crippen LogP contribution in [0.5, 0.6) is 23.5 Å². The number of aryl methyl sites for hydroxylation is 7. The molecular weight excluding hydrogens is 1560 g/mol. The Bertz CT molecular complexity index is 5570. The largest absolute Gasteiger partial charge is 0.477 e. The summed E-state index contributed by atoms with van der Waals surface area (Å²) in [7, 11) is 0. The molecule has 12 aromatic rings. The zero-order valence-corrected chi connectivity index (χ0v) is 70.2. The van der Waals surface area contributed by atoms with Gasteiger partial charge in [0.25, 0.3) is 29.6 Å². The molecule has 8 fully saturated rings. The number of halogens is 2. The molecule has 4 aromatic carbocycles. The van der Waals surface area contributed by atoms with Crippen LogP contribution in [0.2, 0.25) is 0 Å². The van der Waals surface area contributed by atoms with Gasteiger partial charge >= 0.3 is 0 Å². The number of ether oxygens (including phenoxy) is 4. The maximum atomic E-state index is 13.7. The highest BCUT2D eigenvalue weighted by Crippen LogP contribution is 2.48. The number of alkyl halides is 2. The van der Waals surface area contributed by atoms with Crippen molar-refractivity contribution >= 4 is 23.6 Å². The van der Waals surface area contributed by atoms with Crippen molar-refractivity contribution in [2.75, 3.05) is 26.4 Å². The highest BCUT2D eigenvalue weighted by atomic mass is 19.3. The summed E-state index contributed by atoms with van der Waals surface area (Å²) < 4.78 is 50.9. The maximum Gasteiger partial charge on any atom is 0.287 e. The quantitative estimate of drug-likeness (QED) is 0.0645. The van der Waals surface area contributed by atoms with Crippen LogP contribution < -0.4 is 18.9 Å². The molecule has 20 rings (SSSR count). The van der Waals surface area contributed by atoms with Gasteiger partial charge in [-0.25, -0.2) is 19.9 Å². The molecule has 12 unspecified atom stereocenters. The summed E-state index contributed by atoms with van der Waals surface area (Å²) in [6, 6.07) is 42.8. The molecule has 16 heterocycles. The average molecular weight is 1660 g/mol. The lowest BCUT2D eigenvalue weighted by atomic mass is 9.90. The van der Waals surface area contributed by atoms with E-state index in [1.54, 1.807) is 61.8 Å². The molecule has 0 saturated carbocycles. The minimum atomic E-state index is -3.02. The van der Waals surface area contributed by atoms with Crippen LogP contribution in [-0.2, 0) is 5.92 Å². The fourth-order valence-electron chi connectivity index (χ4n) is 19.6. The number of nitrogens with zero attached hydrogens (tertiary/aromatic N) is 20. The Morgan fingerprint density at radius 2 is 0.659 bits per heavy atom. The van der Waals surface area contributed by atoms with Crippen LogP contribution in [0.3, 0.4) is 0 Å². The minimum absolute atomic E-state index is 0.0354. The highest BCUT2D eigenvalue weighted by molar-refractivity contribution is 6.01. The zero-order chi connectivity index (χ0) is 85.2. The summed E-state index contributed by atoms with van der Waals surface area (Å²) in [5.74, 6) is 0.366. The van der Waals surface area contributed by atoms with E-state index in [-0.39, 0.29) is 89.5 Å². The van der Waals surface area contributed by atoms with Gasteiger partial charge in [0.15, 0.2) is 0 Å². The lowest BCUT2D eigenvalue weighted by Crippen LogP contribution is -2.38. The van der Waals surface area contributed by atoms with E-state index in [1.165, 1.54) is 31.3 Å². The van der Waals surface area contributed by atoms with Gasteiger partial charge in [-0.3, -0.25) is 19.2 Å². The van der Waals surface area contributed by atoms with Gasteiger partial charge in [-0.15, -0.1) is 0 Å². The molecule has 0 spiro atoms. The van der Waals surface area contributed by atoms with Gasteiger partial charge in [0.1, 0.15) is 5.69 Å². The van der Waals surface area contributed by atoms with Crippen LogP contribution in [0, 0.1) is 72.1 Å². The van der Waals surface area contributed by atoms with Crippen molar-refractivity contribution in [3.8, 4) is 46.3 Å². The lowest BCUT2D eigenvalue weighted by molar-refractivity contribution is 0.0119. The molecular formula is C93H100F2N20O8. The Hall–Kier alpha value is -13.0. The van der Waals surface area contributed by atoms with E-state index in [9.17, 15) is 28.0 Å². The minimum Gasteiger partial charge on any atom is -0.477 e. The van der Waals surface area contributed by atoms with E-state index in [1.807, 2.05) is 175 Å². The summed E-state index contributed by atoms with van der Waals surface area (Å²) in [4.78, 5) is 85.9. The number of amides is 4. The van der Waals surface area contributed by atoms with E-state index < -0.39 is 5.92 Å². The summed E-state index contributed by atoms with van der Waals surface area (Å²) in [5, 5.41) is 33.8. The van der Waals surface area contributed by atoms with E-state index in [2.05, 4.69) is 75.4 Å². The van der Waals surface area contributed by atoms with Crippen LogP contribution in [0.1, 0.15) is 170 Å². The number of benzene rings is 4. The molecule has 0 aliphatic carbocycles. The van der Waals surface area contributed by atoms with Gasteiger partial charge in [0, 0.05) is 121 Å². The van der Waals surface area contributed by atoms with Crippen LogP contribution in [0.4, 0.5) is 8.78 Å². The topological polar surface area (TPSA) is 293 Å². The molecule has 123 heavy (non-hydrogen) atoms. The molecule has 8 aliphatic rings. The Kier molecular flexibility index (Phi) is 23.8. The van der Waals surface area contributed by atoms with E-state index in [0.717, 1.165) is 140 Å². The Morgan fingerprint density at radius 3 is 0.984 bits per heavy atom. The molecule has 8 bridgehead atoms. The smallest absolute Gasteiger partial charge is 0.287 e. The van der Waals surface area contributed by atoms with Crippen LogP contribution in [-0.4, -0.2) is 198 Å². The predicted octanol–water partition coefficient (Wildman–Crippen LogP) is 14.2. The number of carbonyl (C=O) groups is 4. The van der Waals surface area contributed by atoms with Crippen molar-refractivity contribution in [2.24, 2.45) is 23.7 Å². The fraction of sp³-hybridized carbons (Fsp3) is 0.398. The molecule has 8 aromatic heterocycles.